The van der Waals surface area contributed by atoms with Crippen molar-refractivity contribution in [3.63, 3.8) is 0 Å². The summed E-state index contributed by atoms with van der Waals surface area (Å²) >= 11 is 0. The molecule has 0 aliphatic carbocycles. The zero-order valence-corrected chi connectivity index (χ0v) is 16.3. The van der Waals surface area contributed by atoms with E-state index in [-0.39, 0.29) is 0 Å². The lowest BCUT2D eigenvalue weighted by Gasteiger charge is -2.20. The van der Waals surface area contributed by atoms with Gasteiger partial charge in [-0.15, -0.1) is 0 Å². The van der Waals surface area contributed by atoms with Gasteiger partial charge in [-0.05, 0) is 53.1 Å². The molecule has 0 fully saturated rings. The number of carbonyl (C=O) groups excluding carboxylic acids is 1. The maximum Gasteiger partial charge on any atom is 0.274 e. The Labute approximate surface area is 169 Å². The van der Waals surface area contributed by atoms with Crippen LogP contribution in [0.3, 0.4) is 0 Å². The van der Waals surface area contributed by atoms with Crippen LogP contribution in [-0.2, 0) is 13.6 Å². The molecule has 3 aromatic carbocycles. The van der Waals surface area contributed by atoms with Crippen molar-refractivity contribution in [3.05, 3.63) is 84.1 Å². The molecule has 0 aliphatic rings. The Morgan fingerprint density at radius 2 is 1.83 bits per heavy atom. The molecule has 6 nitrogen and oxygen atoms in total. The van der Waals surface area contributed by atoms with Crippen molar-refractivity contribution in [2.45, 2.75) is 6.54 Å². The summed E-state index contributed by atoms with van der Waals surface area (Å²) in [6.45, 7) is 0.701. The molecule has 1 amide bonds. The van der Waals surface area contributed by atoms with E-state index < -0.39 is 5.91 Å². The van der Waals surface area contributed by atoms with Gasteiger partial charge in [-0.1, -0.05) is 30.3 Å². The summed E-state index contributed by atoms with van der Waals surface area (Å²) in [5, 5.41) is 14.2. The minimum Gasteiger partial charge on any atom is -0.370 e. The van der Waals surface area contributed by atoms with E-state index >= 15 is 0 Å². The Morgan fingerprint density at radius 3 is 2.59 bits per heavy atom. The minimum absolute atomic E-state index is 0.423. The molecule has 2 N–H and O–H groups in total. The monoisotopic (exact) mass is 386 g/mol. The molecule has 0 radical (unpaired) electrons. The second kappa shape index (κ2) is 7.77. The number of carbonyl (C=O) groups is 1. The Balaban J connectivity index is 1.55. The third kappa shape index (κ3) is 3.83. The molecule has 0 saturated heterocycles. The molecule has 0 unspecified atom stereocenters. The van der Waals surface area contributed by atoms with Crippen LogP contribution in [0, 0.1) is 0 Å². The van der Waals surface area contributed by atoms with Crippen LogP contribution < -0.4 is 10.4 Å². The van der Waals surface area contributed by atoms with E-state index in [9.17, 15) is 4.79 Å². The number of hydrogen-bond acceptors (Lipinski definition) is 4. The molecule has 0 spiro atoms. The molecule has 29 heavy (non-hydrogen) atoms. The Kier molecular flexibility index (Phi) is 5.01. The second-order valence-electron chi connectivity index (χ2n) is 7.09. The highest BCUT2D eigenvalue weighted by Gasteiger charge is 2.08. The average Bonchev–Trinajstić information content (AvgIpc) is 3.14. The molecule has 0 bridgehead atoms. The Hall–Kier alpha value is -3.64. The third-order valence-corrected chi connectivity index (χ3v) is 5.10. The lowest BCUT2D eigenvalue weighted by atomic mass is 10.0. The van der Waals surface area contributed by atoms with Gasteiger partial charge in [0, 0.05) is 37.3 Å². The molecule has 0 aliphatic heterocycles. The first kappa shape index (κ1) is 18.7. The molecular formula is C23H22N4O2. The second-order valence-corrected chi connectivity index (χ2v) is 7.09. The van der Waals surface area contributed by atoms with Crippen LogP contribution in [0.4, 0.5) is 5.69 Å². The highest BCUT2D eigenvalue weighted by Crippen LogP contribution is 2.27. The fourth-order valence-corrected chi connectivity index (χ4v) is 3.46. The highest BCUT2D eigenvalue weighted by atomic mass is 16.5. The topological polar surface area (TPSA) is 70.4 Å². The number of nitrogens with one attached hydrogen (secondary N) is 1. The first-order valence-corrected chi connectivity index (χ1v) is 9.32. The van der Waals surface area contributed by atoms with Gasteiger partial charge in [-0.25, -0.2) is 5.48 Å². The fraction of sp³-hybridized carbons (Fsp3) is 0.130. The molecule has 1 heterocycles. The van der Waals surface area contributed by atoms with E-state index in [0.29, 0.717) is 12.1 Å². The summed E-state index contributed by atoms with van der Waals surface area (Å²) in [6.07, 6.45) is 1.88. The number of benzene rings is 3. The van der Waals surface area contributed by atoms with Crippen molar-refractivity contribution < 1.29 is 10.0 Å². The van der Waals surface area contributed by atoms with Gasteiger partial charge in [0.1, 0.15) is 0 Å². The van der Waals surface area contributed by atoms with Gasteiger partial charge in [0.25, 0.3) is 5.91 Å². The SMILES string of the molecule is CN(Cc1ccc(C(=O)NO)cc1)c1cccc(-c2ccc3c(cnn3C)c2)c1. The van der Waals surface area contributed by atoms with Gasteiger partial charge in [-0.2, -0.15) is 5.10 Å². The molecule has 4 aromatic rings. The zero-order chi connectivity index (χ0) is 20.4. The number of nitrogens with zero attached hydrogens (tertiary/aromatic N) is 3. The van der Waals surface area contributed by atoms with Gasteiger partial charge < -0.3 is 4.90 Å². The van der Waals surface area contributed by atoms with Gasteiger partial charge in [0.15, 0.2) is 0 Å². The summed E-state index contributed by atoms with van der Waals surface area (Å²) in [6, 6.07) is 22.0. The summed E-state index contributed by atoms with van der Waals surface area (Å²) in [4.78, 5) is 13.6. The van der Waals surface area contributed by atoms with Crippen LogP contribution in [0.1, 0.15) is 15.9 Å². The third-order valence-electron chi connectivity index (χ3n) is 5.10. The lowest BCUT2D eigenvalue weighted by Crippen LogP contribution is -2.19. The smallest absolute Gasteiger partial charge is 0.274 e. The van der Waals surface area contributed by atoms with Crippen LogP contribution in [0.2, 0.25) is 0 Å². The maximum absolute atomic E-state index is 11.4. The van der Waals surface area contributed by atoms with E-state index in [1.165, 1.54) is 0 Å². The number of aromatic nitrogens is 2. The van der Waals surface area contributed by atoms with E-state index in [1.54, 1.807) is 17.6 Å². The molecule has 1 aromatic heterocycles. The first-order chi connectivity index (χ1) is 14.0. The van der Waals surface area contributed by atoms with Crippen molar-refractivity contribution in [2.24, 2.45) is 7.05 Å². The maximum atomic E-state index is 11.4. The van der Waals surface area contributed by atoms with Crippen molar-refractivity contribution in [2.75, 3.05) is 11.9 Å². The van der Waals surface area contributed by atoms with E-state index in [0.717, 1.165) is 33.3 Å². The van der Waals surface area contributed by atoms with Gasteiger partial charge in [0.05, 0.1) is 11.7 Å². The highest BCUT2D eigenvalue weighted by molar-refractivity contribution is 5.93. The Morgan fingerprint density at radius 1 is 1.07 bits per heavy atom. The quantitative estimate of drug-likeness (QED) is 0.402. The van der Waals surface area contributed by atoms with Crippen LogP contribution in [0.15, 0.2) is 72.9 Å². The average molecular weight is 386 g/mol. The normalized spacial score (nSPS) is 10.9. The standard InChI is InChI=1S/C23H22N4O2/c1-26(15-16-6-8-17(9-7-16)23(28)25-29)21-5-3-4-18(13-21)19-10-11-22-20(12-19)14-24-27(22)2/h3-14,29H,15H2,1-2H3,(H,25,28). The number of rotatable bonds is 5. The summed E-state index contributed by atoms with van der Waals surface area (Å²) in [7, 11) is 3.98. The van der Waals surface area contributed by atoms with E-state index in [1.807, 2.05) is 37.1 Å². The zero-order valence-electron chi connectivity index (χ0n) is 16.3. The number of hydroxylamine groups is 1. The van der Waals surface area contributed by atoms with Gasteiger partial charge in [-0.3, -0.25) is 14.7 Å². The predicted molar refractivity (Wildman–Crippen MR) is 114 cm³/mol. The molecule has 146 valence electrons. The Bertz CT molecular complexity index is 1170. The molecule has 0 atom stereocenters. The predicted octanol–water partition coefficient (Wildman–Crippen LogP) is 4.00. The van der Waals surface area contributed by atoms with Crippen LogP contribution in [0.25, 0.3) is 22.0 Å². The number of anilines is 1. The summed E-state index contributed by atoms with van der Waals surface area (Å²) < 4.78 is 1.87. The molecule has 4 rings (SSSR count). The van der Waals surface area contributed by atoms with Gasteiger partial charge in [0.2, 0.25) is 0 Å². The van der Waals surface area contributed by atoms with Crippen LogP contribution in [-0.4, -0.2) is 27.9 Å². The number of hydrogen-bond donors (Lipinski definition) is 2. The molecule has 0 saturated carbocycles. The minimum atomic E-state index is -0.511. The number of fused-ring (bicyclic) bond motifs is 1. The largest absolute Gasteiger partial charge is 0.370 e. The van der Waals surface area contributed by atoms with Crippen molar-refractivity contribution >= 4 is 22.5 Å². The van der Waals surface area contributed by atoms with E-state index in [4.69, 9.17) is 5.21 Å². The van der Waals surface area contributed by atoms with E-state index in [2.05, 4.69) is 52.5 Å². The first-order valence-electron chi connectivity index (χ1n) is 9.32. The lowest BCUT2D eigenvalue weighted by molar-refractivity contribution is 0.0706. The summed E-state index contributed by atoms with van der Waals surface area (Å²) in [5.74, 6) is -0.511. The molecule has 6 heteroatoms. The van der Waals surface area contributed by atoms with Crippen molar-refractivity contribution in [1.82, 2.24) is 15.3 Å². The number of aryl methyl sites for hydroxylation is 1. The fourth-order valence-electron chi connectivity index (χ4n) is 3.46. The molecular weight excluding hydrogens is 364 g/mol. The van der Waals surface area contributed by atoms with Crippen molar-refractivity contribution in [1.29, 1.82) is 0 Å². The number of amides is 1. The van der Waals surface area contributed by atoms with Gasteiger partial charge >= 0.3 is 0 Å². The van der Waals surface area contributed by atoms with Crippen LogP contribution in [0.5, 0.6) is 0 Å². The van der Waals surface area contributed by atoms with Crippen molar-refractivity contribution in [3.8, 4) is 11.1 Å². The van der Waals surface area contributed by atoms with Crippen LogP contribution >= 0.6 is 0 Å². The summed E-state index contributed by atoms with van der Waals surface area (Å²) in [5.41, 5.74) is 7.66.